The van der Waals surface area contributed by atoms with Gasteiger partial charge in [-0.15, -0.1) is 5.10 Å². The van der Waals surface area contributed by atoms with Crippen molar-refractivity contribution >= 4 is 0 Å². The molecule has 4 rings (SSSR count). The molecule has 1 N–H and O–H groups in total. The third kappa shape index (κ3) is 1.95. The van der Waals surface area contributed by atoms with Gasteiger partial charge in [-0.3, -0.25) is 4.68 Å². The zero-order chi connectivity index (χ0) is 13.5. The SMILES string of the molecule is C[C@@H]1CNC[C@H]1n1cc(-c2cnn(C3CCC3)c2)nn1. The van der Waals surface area contributed by atoms with Gasteiger partial charge in [0.1, 0.15) is 5.69 Å². The molecule has 0 amide bonds. The van der Waals surface area contributed by atoms with Crippen LogP contribution in [0.5, 0.6) is 0 Å². The summed E-state index contributed by atoms with van der Waals surface area (Å²) >= 11 is 0. The normalized spacial score (nSPS) is 26.9. The summed E-state index contributed by atoms with van der Waals surface area (Å²) in [5.41, 5.74) is 2.00. The maximum atomic E-state index is 4.46. The van der Waals surface area contributed by atoms with Crippen LogP contribution in [0.4, 0.5) is 0 Å². The first-order valence-corrected chi connectivity index (χ1v) is 7.48. The molecule has 0 spiro atoms. The van der Waals surface area contributed by atoms with Gasteiger partial charge in [0.25, 0.3) is 0 Å². The number of hydrogen-bond acceptors (Lipinski definition) is 4. The highest BCUT2D eigenvalue weighted by molar-refractivity contribution is 5.55. The van der Waals surface area contributed by atoms with Gasteiger partial charge in [-0.1, -0.05) is 12.1 Å². The summed E-state index contributed by atoms with van der Waals surface area (Å²) in [4.78, 5) is 0. The molecular weight excluding hydrogens is 252 g/mol. The largest absolute Gasteiger partial charge is 0.314 e. The van der Waals surface area contributed by atoms with Crippen molar-refractivity contribution in [1.29, 1.82) is 0 Å². The van der Waals surface area contributed by atoms with Crippen LogP contribution in [-0.2, 0) is 0 Å². The van der Waals surface area contributed by atoms with Gasteiger partial charge >= 0.3 is 0 Å². The molecule has 1 aliphatic heterocycles. The van der Waals surface area contributed by atoms with E-state index in [0.717, 1.165) is 24.3 Å². The molecule has 2 atom stereocenters. The molecule has 2 aromatic rings. The Hall–Kier alpha value is -1.69. The Morgan fingerprint density at radius 1 is 1.20 bits per heavy atom. The van der Waals surface area contributed by atoms with E-state index in [1.165, 1.54) is 19.3 Å². The quantitative estimate of drug-likeness (QED) is 0.923. The van der Waals surface area contributed by atoms with Crippen molar-refractivity contribution < 1.29 is 0 Å². The van der Waals surface area contributed by atoms with Crippen molar-refractivity contribution in [3.05, 3.63) is 18.6 Å². The fourth-order valence-corrected chi connectivity index (χ4v) is 3.04. The maximum absolute atomic E-state index is 4.46. The molecule has 6 heteroatoms. The first-order chi connectivity index (χ1) is 9.81. The van der Waals surface area contributed by atoms with Crippen LogP contribution in [0.3, 0.4) is 0 Å². The molecule has 1 aliphatic carbocycles. The average Bonchev–Trinajstić information content (AvgIpc) is 3.04. The number of nitrogens with zero attached hydrogens (tertiary/aromatic N) is 5. The van der Waals surface area contributed by atoms with Gasteiger partial charge in [-0.25, -0.2) is 4.68 Å². The number of rotatable bonds is 3. The van der Waals surface area contributed by atoms with E-state index < -0.39 is 0 Å². The Bertz CT molecular complexity index is 596. The Balaban J connectivity index is 1.56. The Morgan fingerprint density at radius 2 is 2.10 bits per heavy atom. The summed E-state index contributed by atoms with van der Waals surface area (Å²) in [7, 11) is 0. The Labute approximate surface area is 118 Å². The molecule has 6 nitrogen and oxygen atoms in total. The van der Waals surface area contributed by atoms with Crippen molar-refractivity contribution in [2.75, 3.05) is 13.1 Å². The number of hydrogen-bond donors (Lipinski definition) is 1. The van der Waals surface area contributed by atoms with Gasteiger partial charge in [0.05, 0.1) is 24.5 Å². The molecule has 0 radical (unpaired) electrons. The maximum Gasteiger partial charge on any atom is 0.116 e. The van der Waals surface area contributed by atoms with E-state index in [1.54, 1.807) is 0 Å². The van der Waals surface area contributed by atoms with Crippen LogP contribution in [-0.4, -0.2) is 37.9 Å². The summed E-state index contributed by atoms with van der Waals surface area (Å²) in [6.45, 7) is 4.28. The van der Waals surface area contributed by atoms with Gasteiger partial charge in [-0.05, 0) is 31.7 Å². The molecule has 106 valence electrons. The molecule has 2 aliphatic rings. The molecule has 1 saturated heterocycles. The zero-order valence-corrected chi connectivity index (χ0v) is 11.7. The van der Waals surface area contributed by atoms with Crippen LogP contribution in [0.2, 0.25) is 0 Å². The monoisotopic (exact) mass is 272 g/mol. The lowest BCUT2D eigenvalue weighted by Crippen LogP contribution is -2.17. The minimum atomic E-state index is 0.415. The lowest BCUT2D eigenvalue weighted by molar-refractivity contribution is 0.289. The minimum absolute atomic E-state index is 0.415. The molecule has 0 aromatic carbocycles. The highest BCUT2D eigenvalue weighted by atomic mass is 15.4. The van der Waals surface area contributed by atoms with E-state index in [0.29, 0.717) is 18.0 Å². The topological polar surface area (TPSA) is 60.6 Å². The summed E-state index contributed by atoms with van der Waals surface area (Å²) in [5, 5.41) is 16.5. The van der Waals surface area contributed by atoms with Crippen LogP contribution in [0, 0.1) is 5.92 Å². The fourth-order valence-electron chi connectivity index (χ4n) is 3.04. The highest BCUT2D eigenvalue weighted by Gasteiger charge is 2.26. The molecule has 3 heterocycles. The summed E-state index contributed by atoms with van der Waals surface area (Å²) in [6.07, 6.45) is 9.88. The molecule has 0 unspecified atom stereocenters. The van der Waals surface area contributed by atoms with Gasteiger partial charge in [0, 0.05) is 18.3 Å². The predicted octanol–water partition coefficient (Wildman–Crippen LogP) is 1.65. The first-order valence-electron chi connectivity index (χ1n) is 7.48. The number of nitrogens with one attached hydrogen (secondary N) is 1. The van der Waals surface area contributed by atoms with Crippen molar-refractivity contribution in [3.8, 4) is 11.3 Å². The second-order valence-corrected chi connectivity index (χ2v) is 6.08. The van der Waals surface area contributed by atoms with Crippen molar-refractivity contribution in [2.45, 2.75) is 38.3 Å². The van der Waals surface area contributed by atoms with E-state index in [1.807, 2.05) is 10.9 Å². The first kappa shape index (κ1) is 12.1. The van der Waals surface area contributed by atoms with E-state index >= 15 is 0 Å². The average molecular weight is 272 g/mol. The molecule has 1 saturated carbocycles. The highest BCUT2D eigenvalue weighted by Crippen LogP contribution is 2.32. The van der Waals surface area contributed by atoms with Crippen LogP contribution >= 0.6 is 0 Å². The van der Waals surface area contributed by atoms with E-state index in [4.69, 9.17) is 0 Å². The van der Waals surface area contributed by atoms with Gasteiger partial charge < -0.3 is 5.32 Å². The molecule has 2 aromatic heterocycles. The van der Waals surface area contributed by atoms with Crippen LogP contribution < -0.4 is 5.32 Å². The van der Waals surface area contributed by atoms with Gasteiger partial charge in [0.15, 0.2) is 0 Å². The zero-order valence-electron chi connectivity index (χ0n) is 11.7. The van der Waals surface area contributed by atoms with Crippen molar-refractivity contribution in [2.24, 2.45) is 5.92 Å². The molecule has 2 fully saturated rings. The van der Waals surface area contributed by atoms with Gasteiger partial charge in [-0.2, -0.15) is 5.10 Å². The molecule has 20 heavy (non-hydrogen) atoms. The third-order valence-corrected chi connectivity index (χ3v) is 4.67. The van der Waals surface area contributed by atoms with E-state index in [-0.39, 0.29) is 0 Å². The van der Waals surface area contributed by atoms with E-state index in [9.17, 15) is 0 Å². The second-order valence-electron chi connectivity index (χ2n) is 6.08. The summed E-state index contributed by atoms with van der Waals surface area (Å²) in [5.74, 6) is 0.599. The van der Waals surface area contributed by atoms with Crippen LogP contribution in [0.25, 0.3) is 11.3 Å². The van der Waals surface area contributed by atoms with Crippen LogP contribution in [0.15, 0.2) is 18.6 Å². The molecular formula is C14H20N6. The lowest BCUT2D eigenvalue weighted by Gasteiger charge is -2.25. The van der Waals surface area contributed by atoms with Crippen molar-refractivity contribution in [3.63, 3.8) is 0 Å². The fraction of sp³-hybridized carbons (Fsp3) is 0.643. The minimum Gasteiger partial charge on any atom is -0.314 e. The summed E-state index contributed by atoms with van der Waals surface area (Å²) < 4.78 is 4.08. The second kappa shape index (κ2) is 4.70. The van der Waals surface area contributed by atoms with Crippen LogP contribution in [0.1, 0.15) is 38.3 Å². The standard InChI is InChI=1S/C14H20N6/c1-10-5-15-7-14(10)20-9-13(17-18-20)11-6-16-19(8-11)12-3-2-4-12/h6,8-10,12,14-15H,2-5,7H2,1H3/t10-,14-/m1/s1. The summed E-state index contributed by atoms with van der Waals surface area (Å²) in [6, 6.07) is 1.01. The van der Waals surface area contributed by atoms with E-state index in [2.05, 4.69) is 44.7 Å². The smallest absolute Gasteiger partial charge is 0.116 e. The van der Waals surface area contributed by atoms with Gasteiger partial charge in [0.2, 0.25) is 0 Å². The lowest BCUT2D eigenvalue weighted by atomic mass is 9.93. The Morgan fingerprint density at radius 3 is 2.80 bits per heavy atom. The molecule has 0 bridgehead atoms. The Kier molecular flexibility index (Phi) is 2.84. The predicted molar refractivity (Wildman–Crippen MR) is 75.2 cm³/mol. The number of aromatic nitrogens is 5. The van der Waals surface area contributed by atoms with Crippen molar-refractivity contribution in [1.82, 2.24) is 30.1 Å². The third-order valence-electron chi connectivity index (χ3n) is 4.67.